The van der Waals surface area contributed by atoms with Crippen LogP contribution < -0.4 is 0 Å². The molecule has 22 nitrogen and oxygen atoms in total. The van der Waals surface area contributed by atoms with Gasteiger partial charge < -0.3 is 62.7 Å². The lowest BCUT2D eigenvalue weighted by Crippen LogP contribution is -2.37. The van der Waals surface area contributed by atoms with Crippen LogP contribution >= 0.6 is 0 Å². The zero-order valence-corrected chi connectivity index (χ0v) is 46.5. The molecule has 0 bridgehead atoms. The first-order valence-corrected chi connectivity index (χ1v) is 23.9. The van der Waals surface area contributed by atoms with E-state index in [1.165, 1.54) is 62.3 Å². The molecule has 0 aromatic heterocycles. The van der Waals surface area contributed by atoms with Crippen LogP contribution in [-0.4, -0.2) is 141 Å². The van der Waals surface area contributed by atoms with Crippen LogP contribution in [0.4, 0.5) is 0 Å². The normalized spacial score (nSPS) is 14.7. The number of carboxylic acids is 2. The van der Waals surface area contributed by atoms with Crippen molar-refractivity contribution in [3.05, 3.63) is 71.8 Å². The number of aliphatic hydroxyl groups excluding tert-OH is 1. The minimum Gasteiger partial charge on any atom is -0.479 e. The van der Waals surface area contributed by atoms with Crippen molar-refractivity contribution in [3.63, 3.8) is 0 Å². The molecule has 0 aliphatic heterocycles. The molecule has 2 aromatic carbocycles. The third kappa shape index (κ3) is 35.4. The van der Waals surface area contributed by atoms with Crippen LogP contribution in [0.1, 0.15) is 136 Å². The van der Waals surface area contributed by atoms with E-state index in [2.05, 4.69) is 4.74 Å². The highest BCUT2D eigenvalue weighted by atomic mass is 16.6. The fraction of sp³-hybridized carbons (Fsp3) is 0.604. The number of hydrogen-bond acceptors (Lipinski definition) is 20. The Morgan fingerprint density at radius 1 is 0.360 bits per heavy atom. The van der Waals surface area contributed by atoms with Crippen molar-refractivity contribution in [1.82, 2.24) is 0 Å². The number of carbonyl (C=O) groups is 9. The molecule has 0 aliphatic rings. The SMILES string of the molecule is C[C@H](O)C(=O)O[C@H](C)C(=O)OCc1ccccc1.C[C@H](OC(C)(C)C)C(=O)O.C[C@H](OC(C)(C)C)C(=O)O[C@H](C)C(=O)O[C@H](C)C(=O)O.C[C@H](OC(C)(C)C)C(=O)O[C@H](C)C(=O)O[C@H](C)C(=O)OCc1ccccc1. The largest absolute Gasteiger partial charge is 0.479 e. The number of esters is 7. The molecule has 0 aliphatic carbocycles. The average Bonchev–Trinajstić information content (AvgIpc) is 3.29. The van der Waals surface area contributed by atoms with Gasteiger partial charge >= 0.3 is 53.7 Å². The minimum atomic E-state index is -1.30. The number of aliphatic carboxylic acids is 2. The molecule has 2 aromatic rings. The second-order valence-electron chi connectivity index (χ2n) is 19.6. The third-order valence-electron chi connectivity index (χ3n) is 8.53. The van der Waals surface area contributed by atoms with E-state index in [4.69, 9.17) is 58.0 Å². The van der Waals surface area contributed by atoms with Crippen LogP contribution in [0.5, 0.6) is 0 Å². The van der Waals surface area contributed by atoms with Crippen molar-refractivity contribution < 1.29 is 106 Å². The van der Waals surface area contributed by atoms with E-state index >= 15 is 0 Å². The van der Waals surface area contributed by atoms with E-state index < -0.39 is 120 Å². The summed E-state index contributed by atoms with van der Waals surface area (Å²) in [5, 5.41) is 26.0. The summed E-state index contributed by atoms with van der Waals surface area (Å²) in [4.78, 5) is 102. The Hall–Kier alpha value is -6.49. The van der Waals surface area contributed by atoms with Crippen molar-refractivity contribution in [2.24, 2.45) is 0 Å². The topological polar surface area (TPSA) is 307 Å². The van der Waals surface area contributed by atoms with Crippen molar-refractivity contribution in [3.8, 4) is 0 Å². The summed E-state index contributed by atoms with van der Waals surface area (Å²) >= 11 is 0. The Kier molecular flexibility index (Phi) is 32.1. The molecular weight excluding hydrogens is 989 g/mol. The van der Waals surface area contributed by atoms with Crippen LogP contribution in [-0.2, 0) is 104 Å². The predicted molar refractivity (Wildman–Crippen MR) is 268 cm³/mol. The molecule has 0 heterocycles. The molecule has 22 heteroatoms. The summed E-state index contributed by atoms with van der Waals surface area (Å²) in [6.07, 6.45) is -9.48. The van der Waals surface area contributed by atoms with Crippen LogP contribution in [0.25, 0.3) is 0 Å². The molecule has 0 unspecified atom stereocenters. The van der Waals surface area contributed by atoms with Crippen molar-refractivity contribution in [2.75, 3.05) is 0 Å². The number of hydrogen-bond donors (Lipinski definition) is 3. The van der Waals surface area contributed by atoms with Gasteiger partial charge in [-0.1, -0.05) is 60.7 Å². The maximum absolute atomic E-state index is 12.0. The lowest BCUT2D eigenvalue weighted by Gasteiger charge is -2.24. The van der Waals surface area contributed by atoms with Gasteiger partial charge in [0.1, 0.15) is 19.3 Å². The van der Waals surface area contributed by atoms with Gasteiger partial charge in [0.15, 0.2) is 48.8 Å². The molecule has 3 N–H and O–H groups in total. The van der Waals surface area contributed by atoms with Gasteiger partial charge in [-0.3, -0.25) is 0 Å². The van der Waals surface area contributed by atoms with Gasteiger partial charge in [0.2, 0.25) is 0 Å². The van der Waals surface area contributed by atoms with Gasteiger partial charge in [-0.05, 0) is 136 Å². The quantitative estimate of drug-likeness (QED) is 0.0918. The molecule has 0 radical (unpaired) electrons. The van der Waals surface area contributed by atoms with Crippen molar-refractivity contribution in [2.45, 2.75) is 210 Å². The molecule has 0 saturated carbocycles. The van der Waals surface area contributed by atoms with Gasteiger partial charge in [-0.2, -0.15) is 0 Å². The van der Waals surface area contributed by atoms with E-state index in [0.717, 1.165) is 11.1 Å². The average molecular weight is 1070 g/mol. The fourth-order valence-corrected chi connectivity index (χ4v) is 5.03. The Balaban J connectivity index is 0. The second-order valence-corrected chi connectivity index (χ2v) is 19.6. The molecular formula is C53H80O22. The standard InChI is InChI=1S/C20H28O7.C13H22O7.C13H16O5.C7H14O3/c1-13(17(21)24-12-16-10-8-7-9-11-16)25-18(22)14(2)26-19(23)15(3)27-20(4,5)6;1-7(10(14)15)18-11(16)8(2)19-12(17)9(3)20-13(4,5)6;1-9(14)12(15)18-10(2)13(16)17-8-11-6-4-3-5-7-11;1-5(6(8)9)10-7(2,3)4/h7-11,13-15H,12H2,1-6H3;7-9H,1-6H3,(H,14,15);3-7,9-10,14H,8H2,1-2H3;5H,1-4H3,(H,8,9)/t13-,14-,15+;7-,8-,9+;9-,10+;5-/m1100/s1. The number of carbonyl (C=O) groups excluding carboxylic acids is 7. The summed E-state index contributed by atoms with van der Waals surface area (Å²) in [6.45, 7) is 28.9. The molecule has 424 valence electrons. The van der Waals surface area contributed by atoms with Crippen LogP contribution in [0, 0.1) is 0 Å². The first kappa shape index (κ1) is 70.6. The zero-order chi connectivity index (χ0) is 58.6. The molecule has 0 amide bonds. The number of rotatable bonds is 21. The molecule has 75 heavy (non-hydrogen) atoms. The number of carboxylic acid groups (broad SMARTS) is 2. The maximum Gasteiger partial charge on any atom is 0.347 e. The third-order valence-corrected chi connectivity index (χ3v) is 8.53. The van der Waals surface area contributed by atoms with E-state index in [-0.39, 0.29) is 18.8 Å². The molecule has 9 atom stereocenters. The van der Waals surface area contributed by atoms with Gasteiger partial charge in [-0.25, -0.2) is 43.2 Å². The Bertz CT molecular complexity index is 2080. The molecule has 0 spiro atoms. The smallest absolute Gasteiger partial charge is 0.347 e. The highest BCUT2D eigenvalue weighted by Crippen LogP contribution is 2.15. The summed E-state index contributed by atoms with van der Waals surface area (Å²) in [5.74, 6) is -7.54. The van der Waals surface area contributed by atoms with Gasteiger partial charge in [0.05, 0.1) is 16.8 Å². The van der Waals surface area contributed by atoms with Crippen LogP contribution in [0.15, 0.2) is 60.7 Å². The van der Waals surface area contributed by atoms with Crippen molar-refractivity contribution in [1.29, 1.82) is 0 Å². The van der Waals surface area contributed by atoms with Crippen LogP contribution in [0.2, 0.25) is 0 Å². The molecule has 2 rings (SSSR count). The monoisotopic (exact) mass is 1070 g/mol. The second kappa shape index (κ2) is 34.2. The predicted octanol–water partition coefficient (Wildman–Crippen LogP) is 6.25. The molecule has 0 saturated heterocycles. The Morgan fingerprint density at radius 2 is 0.600 bits per heavy atom. The summed E-state index contributed by atoms with van der Waals surface area (Å²) in [5.41, 5.74) is 0.233. The number of ether oxygens (including phenoxy) is 10. The van der Waals surface area contributed by atoms with Crippen molar-refractivity contribution >= 4 is 53.7 Å². The van der Waals surface area contributed by atoms with Gasteiger partial charge in [-0.15, -0.1) is 0 Å². The highest BCUT2D eigenvalue weighted by molar-refractivity contribution is 5.84. The van der Waals surface area contributed by atoms with Gasteiger partial charge in [0.25, 0.3) is 0 Å². The fourth-order valence-electron chi connectivity index (χ4n) is 5.03. The zero-order valence-electron chi connectivity index (χ0n) is 46.5. The van der Waals surface area contributed by atoms with Crippen LogP contribution in [0.3, 0.4) is 0 Å². The molecule has 0 fully saturated rings. The van der Waals surface area contributed by atoms with E-state index in [0.29, 0.717) is 0 Å². The summed E-state index contributed by atoms with van der Waals surface area (Å²) in [6, 6.07) is 18.3. The first-order chi connectivity index (χ1) is 34.3. The highest BCUT2D eigenvalue weighted by Gasteiger charge is 2.31. The summed E-state index contributed by atoms with van der Waals surface area (Å²) in [7, 11) is 0. The minimum absolute atomic E-state index is 0.0771. The Morgan fingerprint density at radius 3 is 0.853 bits per heavy atom. The van der Waals surface area contributed by atoms with E-state index in [1.807, 2.05) is 81.4 Å². The van der Waals surface area contributed by atoms with E-state index in [1.54, 1.807) is 41.5 Å². The summed E-state index contributed by atoms with van der Waals surface area (Å²) < 4.78 is 50.2. The Labute approximate surface area is 439 Å². The number of aliphatic hydroxyl groups is 1. The maximum atomic E-state index is 12.0. The number of benzene rings is 2. The lowest BCUT2D eigenvalue weighted by atomic mass is 10.2. The lowest BCUT2D eigenvalue weighted by molar-refractivity contribution is -0.183. The first-order valence-electron chi connectivity index (χ1n) is 23.9. The van der Waals surface area contributed by atoms with Gasteiger partial charge in [0, 0.05) is 0 Å². The van der Waals surface area contributed by atoms with E-state index in [9.17, 15) is 43.2 Å².